The molecule has 2 atom stereocenters. The van der Waals surface area contributed by atoms with Crippen molar-refractivity contribution in [3.8, 4) is 0 Å². The number of rotatable bonds is 7. The summed E-state index contributed by atoms with van der Waals surface area (Å²) in [5.74, 6) is -2.23. The Morgan fingerprint density at radius 3 is 2.22 bits per heavy atom. The molecule has 0 aliphatic rings. The second-order valence-electron chi connectivity index (χ2n) is 4.13. The number of carbonyl (C=O) groups is 3. The molecule has 0 saturated carbocycles. The number of nitrogens with two attached hydrogens (primary N) is 1. The molecule has 2 amide bonds. The van der Waals surface area contributed by atoms with Gasteiger partial charge in [0.05, 0.1) is 6.04 Å². The number of hydrogen-bond acceptors (Lipinski definition) is 5. The first kappa shape index (κ1) is 16.7. The van der Waals surface area contributed by atoms with E-state index < -0.39 is 36.4 Å². The third-order valence-electron chi connectivity index (χ3n) is 2.25. The molecule has 0 aromatic rings. The smallest absolute Gasteiger partial charge is 0.322 e. The first-order valence-corrected chi connectivity index (χ1v) is 6.09. The summed E-state index contributed by atoms with van der Waals surface area (Å²) >= 11 is 3.93. The molecule has 0 radical (unpaired) electrons. The Kier molecular flexibility index (Phi) is 7.37. The summed E-state index contributed by atoms with van der Waals surface area (Å²) in [6.45, 7) is 3.06. The topological polar surface area (TPSA) is 122 Å². The van der Waals surface area contributed by atoms with E-state index in [4.69, 9.17) is 10.8 Å². The van der Waals surface area contributed by atoms with E-state index in [9.17, 15) is 14.4 Å². The maximum Gasteiger partial charge on any atom is 0.322 e. The van der Waals surface area contributed by atoms with Crippen LogP contribution in [0, 0.1) is 5.92 Å². The summed E-state index contributed by atoms with van der Waals surface area (Å²) in [5.41, 5.74) is 5.62. The second kappa shape index (κ2) is 7.93. The Labute approximate surface area is 111 Å². The minimum atomic E-state index is -1.16. The van der Waals surface area contributed by atoms with Gasteiger partial charge in [-0.25, -0.2) is 0 Å². The van der Waals surface area contributed by atoms with Gasteiger partial charge < -0.3 is 21.5 Å². The summed E-state index contributed by atoms with van der Waals surface area (Å²) < 4.78 is 0. The fourth-order valence-electron chi connectivity index (χ4n) is 1.05. The highest BCUT2D eigenvalue weighted by atomic mass is 32.1. The quantitative estimate of drug-likeness (QED) is 0.366. The van der Waals surface area contributed by atoms with Crippen LogP contribution in [-0.4, -0.2) is 47.3 Å². The van der Waals surface area contributed by atoms with Crippen LogP contribution < -0.4 is 16.4 Å². The van der Waals surface area contributed by atoms with E-state index in [1.54, 1.807) is 13.8 Å². The van der Waals surface area contributed by atoms with Crippen molar-refractivity contribution < 1.29 is 19.5 Å². The van der Waals surface area contributed by atoms with Crippen LogP contribution in [0.5, 0.6) is 0 Å². The molecule has 104 valence electrons. The van der Waals surface area contributed by atoms with Crippen molar-refractivity contribution in [1.82, 2.24) is 10.6 Å². The van der Waals surface area contributed by atoms with Gasteiger partial charge in [-0.15, -0.1) is 0 Å². The second-order valence-corrected chi connectivity index (χ2v) is 4.49. The molecule has 0 aromatic carbocycles. The maximum atomic E-state index is 11.6. The van der Waals surface area contributed by atoms with Crippen molar-refractivity contribution in [2.45, 2.75) is 25.9 Å². The first-order valence-electron chi connectivity index (χ1n) is 5.45. The third-order valence-corrected chi connectivity index (χ3v) is 2.62. The molecule has 5 N–H and O–H groups in total. The normalized spacial score (nSPS) is 13.8. The van der Waals surface area contributed by atoms with Crippen LogP contribution in [0.15, 0.2) is 0 Å². The third kappa shape index (κ3) is 5.87. The van der Waals surface area contributed by atoms with Gasteiger partial charge in [-0.3, -0.25) is 14.4 Å². The van der Waals surface area contributed by atoms with Crippen LogP contribution in [0.25, 0.3) is 0 Å². The number of amides is 2. The highest BCUT2D eigenvalue weighted by Crippen LogP contribution is 1.99. The van der Waals surface area contributed by atoms with E-state index >= 15 is 0 Å². The molecule has 0 aromatic heterocycles. The zero-order chi connectivity index (χ0) is 14.3. The van der Waals surface area contributed by atoms with Gasteiger partial charge in [-0.1, -0.05) is 13.8 Å². The van der Waals surface area contributed by atoms with Crippen LogP contribution in [0.4, 0.5) is 0 Å². The summed E-state index contributed by atoms with van der Waals surface area (Å²) in [6.07, 6.45) is 0. The molecule has 0 aliphatic carbocycles. The van der Waals surface area contributed by atoms with E-state index in [0.717, 1.165) is 0 Å². The van der Waals surface area contributed by atoms with Gasteiger partial charge in [0.15, 0.2) is 0 Å². The van der Waals surface area contributed by atoms with Crippen molar-refractivity contribution in [3.63, 3.8) is 0 Å². The minimum Gasteiger partial charge on any atom is -0.480 e. The molecule has 0 fully saturated rings. The monoisotopic (exact) mass is 277 g/mol. The lowest BCUT2D eigenvalue weighted by molar-refractivity contribution is -0.138. The van der Waals surface area contributed by atoms with Gasteiger partial charge in [0, 0.05) is 5.75 Å². The molecule has 0 saturated heterocycles. The van der Waals surface area contributed by atoms with E-state index in [1.165, 1.54) is 0 Å². The zero-order valence-electron chi connectivity index (χ0n) is 10.3. The molecule has 18 heavy (non-hydrogen) atoms. The SMILES string of the molecule is CC(C)[C@H](N)C(=O)N[C@@H](CS)C(=O)NCC(=O)O. The molecule has 0 unspecified atom stereocenters. The minimum absolute atomic E-state index is 0.0575. The van der Waals surface area contributed by atoms with Crippen molar-refractivity contribution in [2.24, 2.45) is 11.7 Å². The summed E-state index contributed by atoms with van der Waals surface area (Å²) in [5, 5.41) is 13.0. The number of thiol groups is 1. The Morgan fingerprint density at radius 2 is 1.83 bits per heavy atom. The summed E-state index contributed by atoms with van der Waals surface area (Å²) in [4.78, 5) is 33.5. The highest BCUT2D eigenvalue weighted by molar-refractivity contribution is 7.80. The molecule has 0 spiro atoms. The van der Waals surface area contributed by atoms with Crippen LogP contribution in [0.2, 0.25) is 0 Å². The molecule has 0 aliphatic heterocycles. The predicted molar refractivity (Wildman–Crippen MR) is 69.2 cm³/mol. The Hall–Kier alpha value is -1.28. The van der Waals surface area contributed by atoms with Crippen molar-refractivity contribution >= 4 is 30.4 Å². The number of carboxylic acid groups (broad SMARTS) is 1. The lowest BCUT2D eigenvalue weighted by atomic mass is 10.0. The zero-order valence-corrected chi connectivity index (χ0v) is 11.2. The fourth-order valence-corrected chi connectivity index (χ4v) is 1.31. The van der Waals surface area contributed by atoms with Crippen LogP contribution in [0.3, 0.4) is 0 Å². The predicted octanol–water partition coefficient (Wildman–Crippen LogP) is -1.41. The average Bonchev–Trinajstić information content (AvgIpc) is 2.31. The average molecular weight is 277 g/mol. The van der Waals surface area contributed by atoms with Gasteiger partial charge in [0.2, 0.25) is 11.8 Å². The van der Waals surface area contributed by atoms with Crippen LogP contribution in [-0.2, 0) is 14.4 Å². The summed E-state index contributed by atoms with van der Waals surface area (Å²) in [7, 11) is 0. The van der Waals surface area contributed by atoms with Gasteiger partial charge in [0.25, 0.3) is 0 Å². The summed E-state index contributed by atoms with van der Waals surface area (Å²) in [6, 6.07) is -1.62. The molecule has 8 heteroatoms. The van der Waals surface area contributed by atoms with Gasteiger partial charge >= 0.3 is 5.97 Å². The van der Waals surface area contributed by atoms with Gasteiger partial charge in [0.1, 0.15) is 12.6 Å². The Balaban J connectivity index is 4.37. The fraction of sp³-hybridized carbons (Fsp3) is 0.700. The number of carbonyl (C=O) groups excluding carboxylic acids is 2. The van der Waals surface area contributed by atoms with Crippen LogP contribution in [0.1, 0.15) is 13.8 Å². The number of nitrogens with one attached hydrogen (secondary N) is 2. The number of carboxylic acids is 1. The lowest BCUT2D eigenvalue weighted by Crippen LogP contribution is -2.54. The first-order chi connectivity index (χ1) is 8.29. The Morgan fingerprint density at radius 1 is 1.28 bits per heavy atom. The largest absolute Gasteiger partial charge is 0.480 e. The van der Waals surface area contributed by atoms with E-state index in [1.807, 2.05) is 0 Å². The number of aliphatic carboxylic acids is 1. The molecule has 0 bridgehead atoms. The van der Waals surface area contributed by atoms with Crippen molar-refractivity contribution in [3.05, 3.63) is 0 Å². The standard InChI is InChI=1S/C10H19N3O4S/c1-5(2)8(11)10(17)13-6(4-18)9(16)12-3-7(14)15/h5-6,8,18H,3-4,11H2,1-2H3,(H,12,16)(H,13,17)(H,14,15)/t6-,8-/m0/s1. The van der Waals surface area contributed by atoms with Crippen molar-refractivity contribution in [1.29, 1.82) is 0 Å². The molecule has 7 nitrogen and oxygen atoms in total. The highest BCUT2D eigenvalue weighted by Gasteiger charge is 2.24. The molecular weight excluding hydrogens is 258 g/mol. The van der Waals surface area contributed by atoms with Crippen LogP contribution >= 0.6 is 12.6 Å². The van der Waals surface area contributed by atoms with E-state index in [2.05, 4.69) is 23.3 Å². The lowest BCUT2D eigenvalue weighted by Gasteiger charge is -2.20. The van der Waals surface area contributed by atoms with E-state index in [0.29, 0.717) is 0 Å². The molecule has 0 heterocycles. The molecule has 0 rings (SSSR count). The number of hydrogen-bond donors (Lipinski definition) is 5. The van der Waals surface area contributed by atoms with E-state index in [-0.39, 0.29) is 11.7 Å². The Bertz CT molecular complexity index is 322. The van der Waals surface area contributed by atoms with Gasteiger partial charge in [-0.05, 0) is 5.92 Å². The van der Waals surface area contributed by atoms with Crippen molar-refractivity contribution in [2.75, 3.05) is 12.3 Å². The molecular formula is C10H19N3O4S. The maximum absolute atomic E-state index is 11.6. The van der Waals surface area contributed by atoms with Gasteiger partial charge in [-0.2, -0.15) is 12.6 Å².